The van der Waals surface area contributed by atoms with Crippen LogP contribution in [0.4, 0.5) is 0 Å². The molecule has 1 aliphatic carbocycles. The molecule has 0 aromatic heterocycles. The van der Waals surface area contributed by atoms with Gasteiger partial charge in [0.15, 0.2) is 5.96 Å². The lowest BCUT2D eigenvalue weighted by Crippen LogP contribution is -2.47. The summed E-state index contributed by atoms with van der Waals surface area (Å²) in [4.78, 5) is 23.2. The highest BCUT2D eigenvalue weighted by molar-refractivity contribution is 5.85. The minimum absolute atomic E-state index is 0.0629. The maximum atomic E-state index is 12.0. The van der Waals surface area contributed by atoms with E-state index in [1.54, 1.807) is 19.0 Å². The van der Waals surface area contributed by atoms with Crippen molar-refractivity contribution in [3.8, 4) is 0 Å². The molecule has 0 aromatic carbocycles. The summed E-state index contributed by atoms with van der Waals surface area (Å²) in [6.07, 6.45) is 7.92. The Hall–Kier alpha value is -1.30. The van der Waals surface area contributed by atoms with Crippen LogP contribution in [-0.2, 0) is 4.79 Å². The number of guanidine groups is 1. The summed E-state index contributed by atoms with van der Waals surface area (Å²) < 4.78 is 0. The van der Waals surface area contributed by atoms with E-state index < -0.39 is 0 Å². The van der Waals surface area contributed by atoms with Crippen LogP contribution in [0.1, 0.15) is 45.4 Å². The Balaban J connectivity index is 1.62. The number of likely N-dealkylation sites (N-methyl/N-ethyl adjacent to an activating group) is 2. The molecule has 0 bridgehead atoms. The van der Waals surface area contributed by atoms with Crippen molar-refractivity contribution in [3.63, 3.8) is 0 Å². The lowest BCUT2D eigenvalue weighted by Gasteiger charge is -2.38. The first kappa shape index (κ1) is 18.5. The zero-order chi connectivity index (χ0) is 17.9. The first-order valence-electron chi connectivity index (χ1n) is 10.0. The zero-order valence-corrected chi connectivity index (χ0v) is 16.3. The fraction of sp³-hybridized carbons (Fsp3) is 0.895. The van der Waals surface area contributed by atoms with E-state index in [2.05, 4.69) is 27.0 Å². The summed E-state index contributed by atoms with van der Waals surface area (Å²) in [5, 5.41) is 3.61. The largest absolute Gasteiger partial charge is 0.355 e. The normalized spacial score (nSPS) is 26.1. The molecule has 2 saturated heterocycles. The van der Waals surface area contributed by atoms with Crippen LogP contribution in [0.25, 0.3) is 0 Å². The molecule has 0 aromatic rings. The minimum atomic E-state index is 0.0629. The topological polar surface area (TPSA) is 51.2 Å². The van der Waals surface area contributed by atoms with Gasteiger partial charge in [-0.2, -0.15) is 0 Å². The highest BCUT2D eigenvalue weighted by atomic mass is 16.2. The second-order valence-electron chi connectivity index (χ2n) is 8.26. The molecule has 1 saturated carbocycles. The third-order valence-corrected chi connectivity index (χ3v) is 6.42. The smallest absolute Gasteiger partial charge is 0.243 e. The predicted octanol–water partition coefficient (Wildman–Crippen LogP) is 1.38. The molecule has 6 nitrogen and oxygen atoms in total. The number of rotatable bonds is 5. The summed E-state index contributed by atoms with van der Waals surface area (Å²) in [5.41, 5.74) is 0.539. The van der Waals surface area contributed by atoms with Crippen molar-refractivity contribution in [2.75, 3.05) is 53.4 Å². The molecule has 6 heteroatoms. The van der Waals surface area contributed by atoms with Crippen LogP contribution in [0.3, 0.4) is 0 Å². The van der Waals surface area contributed by atoms with E-state index in [0.29, 0.717) is 11.5 Å². The van der Waals surface area contributed by atoms with Gasteiger partial charge in [-0.3, -0.25) is 9.69 Å². The Morgan fingerprint density at radius 1 is 1.24 bits per heavy atom. The fourth-order valence-corrected chi connectivity index (χ4v) is 4.50. The number of carbonyl (C=O) groups excluding carboxylic acids is 1. The minimum Gasteiger partial charge on any atom is -0.355 e. The summed E-state index contributed by atoms with van der Waals surface area (Å²) in [7, 11) is 3.59. The van der Waals surface area contributed by atoms with E-state index in [1.807, 2.05) is 0 Å². The second-order valence-corrected chi connectivity index (χ2v) is 8.26. The van der Waals surface area contributed by atoms with Crippen molar-refractivity contribution in [3.05, 3.63) is 0 Å². The van der Waals surface area contributed by atoms with Gasteiger partial charge in [0, 0.05) is 39.8 Å². The Labute approximate surface area is 152 Å². The lowest BCUT2D eigenvalue weighted by atomic mass is 9.68. The van der Waals surface area contributed by atoms with E-state index >= 15 is 0 Å². The molecule has 142 valence electrons. The second kappa shape index (κ2) is 7.94. The highest BCUT2D eigenvalue weighted by Gasteiger charge is 2.43. The van der Waals surface area contributed by atoms with Crippen molar-refractivity contribution < 1.29 is 4.79 Å². The molecule has 3 rings (SSSR count). The third-order valence-electron chi connectivity index (χ3n) is 6.42. The van der Waals surface area contributed by atoms with E-state index in [1.165, 1.54) is 45.1 Å². The van der Waals surface area contributed by atoms with Crippen LogP contribution in [0.2, 0.25) is 0 Å². The highest BCUT2D eigenvalue weighted by Crippen LogP contribution is 2.47. The summed E-state index contributed by atoms with van der Waals surface area (Å²) in [6.45, 7) is 7.92. The van der Waals surface area contributed by atoms with Crippen molar-refractivity contribution in [2.24, 2.45) is 10.4 Å². The number of aliphatic imine (C=N–C) groups is 1. The van der Waals surface area contributed by atoms with Gasteiger partial charge in [0.1, 0.15) is 6.54 Å². The van der Waals surface area contributed by atoms with Crippen LogP contribution in [0.15, 0.2) is 4.99 Å². The number of hydrogen-bond acceptors (Lipinski definition) is 3. The van der Waals surface area contributed by atoms with Gasteiger partial charge in [0.2, 0.25) is 5.91 Å². The molecule has 3 fully saturated rings. The van der Waals surface area contributed by atoms with Crippen LogP contribution in [0.5, 0.6) is 0 Å². The maximum Gasteiger partial charge on any atom is 0.243 e. The number of carbonyl (C=O) groups is 1. The lowest BCUT2D eigenvalue weighted by molar-refractivity contribution is -0.127. The Morgan fingerprint density at radius 3 is 2.64 bits per heavy atom. The number of amides is 1. The standard InChI is InChI=1S/C19H35N5O/c1-4-23-11-5-7-16(23)13-20-18(21-14-17(25)22(2)3)24-12-10-19(15-24)8-6-9-19/h16H,4-15H2,1-3H3,(H,20,21). The zero-order valence-electron chi connectivity index (χ0n) is 16.3. The van der Waals surface area contributed by atoms with Crippen molar-refractivity contribution in [1.82, 2.24) is 20.0 Å². The third kappa shape index (κ3) is 4.27. The van der Waals surface area contributed by atoms with Gasteiger partial charge in [-0.25, -0.2) is 4.99 Å². The molecule has 1 N–H and O–H groups in total. The van der Waals surface area contributed by atoms with Crippen molar-refractivity contribution in [2.45, 2.75) is 51.5 Å². The summed E-state index contributed by atoms with van der Waals surface area (Å²) in [5.74, 6) is 1.01. The van der Waals surface area contributed by atoms with Gasteiger partial charge >= 0.3 is 0 Å². The van der Waals surface area contributed by atoms with Crippen molar-refractivity contribution >= 4 is 11.9 Å². The fourth-order valence-electron chi connectivity index (χ4n) is 4.50. The molecule has 2 aliphatic heterocycles. The van der Waals surface area contributed by atoms with E-state index in [0.717, 1.165) is 32.1 Å². The van der Waals surface area contributed by atoms with Crippen LogP contribution < -0.4 is 5.32 Å². The molecule has 3 aliphatic rings. The average molecular weight is 350 g/mol. The number of nitrogens with zero attached hydrogens (tertiary/aromatic N) is 4. The molecule has 2 heterocycles. The molecular weight excluding hydrogens is 314 g/mol. The van der Waals surface area contributed by atoms with Gasteiger partial charge in [-0.15, -0.1) is 0 Å². The summed E-state index contributed by atoms with van der Waals surface area (Å²) in [6, 6.07) is 0.597. The molecule has 1 unspecified atom stereocenters. The van der Waals surface area contributed by atoms with E-state index in [-0.39, 0.29) is 12.5 Å². The number of likely N-dealkylation sites (tertiary alicyclic amines) is 2. The van der Waals surface area contributed by atoms with Crippen LogP contribution >= 0.6 is 0 Å². The van der Waals surface area contributed by atoms with Gasteiger partial charge < -0.3 is 15.1 Å². The molecular formula is C19H35N5O. The number of hydrogen-bond donors (Lipinski definition) is 1. The maximum absolute atomic E-state index is 12.0. The van der Waals surface area contributed by atoms with Gasteiger partial charge in [0.05, 0.1) is 0 Å². The first-order chi connectivity index (χ1) is 12.0. The quantitative estimate of drug-likeness (QED) is 0.602. The summed E-state index contributed by atoms with van der Waals surface area (Å²) >= 11 is 0. The Kier molecular flexibility index (Phi) is 5.87. The molecule has 1 spiro atoms. The molecule has 25 heavy (non-hydrogen) atoms. The average Bonchev–Trinajstić information content (AvgIpc) is 3.20. The van der Waals surface area contributed by atoms with Crippen LogP contribution in [0, 0.1) is 5.41 Å². The van der Waals surface area contributed by atoms with Gasteiger partial charge in [-0.05, 0) is 50.6 Å². The van der Waals surface area contributed by atoms with E-state index in [4.69, 9.17) is 0 Å². The van der Waals surface area contributed by atoms with Gasteiger partial charge in [0.25, 0.3) is 0 Å². The SMILES string of the molecule is CCN1CCCC1CNC(=NCC(=O)N(C)C)N1CCC2(CCC2)C1. The van der Waals surface area contributed by atoms with Crippen LogP contribution in [-0.4, -0.2) is 86.0 Å². The predicted molar refractivity (Wildman–Crippen MR) is 102 cm³/mol. The molecule has 0 radical (unpaired) electrons. The van der Waals surface area contributed by atoms with Crippen molar-refractivity contribution in [1.29, 1.82) is 0 Å². The monoisotopic (exact) mass is 349 g/mol. The Morgan fingerprint density at radius 2 is 2.04 bits per heavy atom. The first-order valence-corrected chi connectivity index (χ1v) is 10.0. The van der Waals surface area contributed by atoms with Gasteiger partial charge in [-0.1, -0.05) is 13.3 Å². The molecule has 1 atom stereocenters. The Bertz CT molecular complexity index is 500. The number of nitrogens with one attached hydrogen (secondary N) is 1. The van der Waals surface area contributed by atoms with E-state index in [9.17, 15) is 4.79 Å². The molecule has 1 amide bonds.